The molecule has 102 valence electrons. The molecular weight excluding hydrogens is 276 g/mol. The van der Waals surface area contributed by atoms with Crippen LogP contribution in [0, 0.1) is 0 Å². The Kier molecular flexibility index (Phi) is 4.05. The van der Waals surface area contributed by atoms with Gasteiger partial charge in [0.25, 0.3) is 0 Å². The summed E-state index contributed by atoms with van der Waals surface area (Å²) in [5, 5.41) is 0.949. The van der Waals surface area contributed by atoms with Gasteiger partial charge in [-0.2, -0.15) is 0 Å². The molecule has 2 heterocycles. The van der Waals surface area contributed by atoms with Crippen molar-refractivity contribution in [3.05, 3.63) is 59.1 Å². The molecule has 4 nitrogen and oxygen atoms in total. The molecule has 0 atom stereocenters. The van der Waals surface area contributed by atoms with E-state index in [2.05, 4.69) is 9.97 Å². The average molecular weight is 289 g/mol. The van der Waals surface area contributed by atoms with Crippen molar-refractivity contribution in [1.82, 2.24) is 9.97 Å². The maximum absolute atomic E-state index is 11.5. The van der Waals surface area contributed by atoms with E-state index in [0.717, 1.165) is 16.5 Å². The van der Waals surface area contributed by atoms with E-state index in [9.17, 15) is 4.79 Å². The molecule has 0 bridgehead atoms. The lowest BCUT2D eigenvalue weighted by Gasteiger charge is -2.10. The Morgan fingerprint density at radius 1 is 1.05 bits per heavy atom. The molecule has 0 fully saturated rings. The van der Waals surface area contributed by atoms with Crippen LogP contribution in [0.15, 0.2) is 53.6 Å². The molecule has 20 heavy (non-hydrogen) atoms. The molecule has 1 N–H and O–H groups in total. The van der Waals surface area contributed by atoms with E-state index in [0.29, 0.717) is 11.3 Å². The minimum absolute atomic E-state index is 0. The van der Waals surface area contributed by atoms with E-state index in [-0.39, 0.29) is 18.0 Å². The first-order chi connectivity index (χ1) is 9.29. The Balaban J connectivity index is 0.00000147. The summed E-state index contributed by atoms with van der Waals surface area (Å²) in [5.74, 6) is 0.658. The summed E-state index contributed by atoms with van der Waals surface area (Å²) in [6, 6.07) is 11.0. The molecule has 0 aliphatic carbocycles. The van der Waals surface area contributed by atoms with Gasteiger partial charge in [-0.3, -0.25) is 9.78 Å². The van der Waals surface area contributed by atoms with E-state index in [1.54, 1.807) is 19.5 Å². The van der Waals surface area contributed by atoms with Gasteiger partial charge >= 0.3 is 0 Å². The van der Waals surface area contributed by atoms with Crippen molar-refractivity contribution in [2.45, 2.75) is 0 Å². The number of H-pyrrole nitrogens is 1. The highest BCUT2D eigenvalue weighted by Crippen LogP contribution is 2.32. The highest BCUT2D eigenvalue weighted by molar-refractivity contribution is 5.97. The van der Waals surface area contributed by atoms with Gasteiger partial charge in [0.2, 0.25) is 5.56 Å². The van der Waals surface area contributed by atoms with Crippen LogP contribution >= 0.6 is 12.4 Å². The molecule has 0 aliphatic rings. The molecule has 1 aromatic carbocycles. The van der Waals surface area contributed by atoms with Crippen molar-refractivity contribution in [3.63, 3.8) is 0 Å². The van der Waals surface area contributed by atoms with Crippen LogP contribution in [0.25, 0.3) is 22.0 Å². The summed E-state index contributed by atoms with van der Waals surface area (Å²) in [5.41, 5.74) is 2.66. The smallest absolute Gasteiger partial charge is 0.248 e. The van der Waals surface area contributed by atoms with Crippen LogP contribution in [-0.4, -0.2) is 17.1 Å². The third kappa shape index (κ3) is 2.38. The van der Waals surface area contributed by atoms with Gasteiger partial charge in [-0.05, 0) is 41.5 Å². The first-order valence-electron chi connectivity index (χ1n) is 5.90. The van der Waals surface area contributed by atoms with E-state index >= 15 is 0 Å². The molecule has 0 saturated carbocycles. The second-order valence-electron chi connectivity index (χ2n) is 4.16. The average Bonchev–Trinajstić information content (AvgIpc) is 2.47. The number of fused-ring (bicyclic) bond motifs is 1. The van der Waals surface area contributed by atoms with E-state index < -0.39 is 0 Å². The van der Waals surface area contributed by atoms with Crippen molar-refractivity contribution in [2.24, 2.45) is 0 Å². The largest absolute Gasteiger partial charge is 0.495 e. The van der Waals surface area contributed by atoms with E-state index in [4.69, 9.17) is 4.74 Å². The first-order valence-corrected chi connectivity index (χ1v) is 5.90. The molecule has 0 radical (unpaired) electrons. The number of halogens is 1. The lowest BCUT2D eigenvalue weighted by molar-refractivity contribution is 0.419. The van der Waals surface area contributed by atoms with Crippen molar-refractivity contribution < 1.29 is 4.74 Å². The van der Waals surface area contributed by atoms with Crippen LogP contribution in [0.4, 0.5) is 0 Å². The molecule has 0 amide bonds. The highest BCUT2D eigenvalue weighted by atomic mass is 35.5. The maximum atomic E-state index is 11.5. The lowest BCUT2D eigenvalue weighted by atomic mass is 10.0. The Hall–Kier alpha value is -2.33. The Morgan fingerprint density at radius 2 is 1.80 bits per heavy atom. The summed E-state index contributed by atoms with van der Waals surface area (Å²) in [7, 11) is 1.59. The number of rotatable bonds is 2. The molecule has 2 aromatic heterocycles. The molecule has 0 saturated heterocycles. The number of ether oxygens (including phenoxy) is 1. The number of pyridine rings is 2. The number of hydrogen-bond acceptors (Lipinski definition) is 3. The Bertz CT molecular complexity index is 785. The quantitative estimate of drug-likeness (QED) is 0.788. The van der Waals surface area contributed by atoms with Crippen LogP contribution in [0.1, 0.15) is 0 Å². The minimum Gasteiger partial charge on any atom is -0.495 e. The summed E-state index contributed by atoms with van der Waals surface area (Å²) >= 11 is 0. The summed E-state index contributed by atoms with van der Waals surface area (Å²) in [6.45, 7) is 0. The molecule has 5 heteroatoms. The molecule has 0 unspecified atom stereocenters. The number of aromatic amines is 1. The third-order valence-electron chi connectivity index (χ3n) is 3.07. The van der Waals surface area contributed by atoms with E-state index in [1.165, 1.54) is 6.07 Å². The second kappa shape index (κ2) is 5.75. The fraction of sp³-hybridized carbons (Fsp3) is 0.0667. The van der Waals surface area contributed by atoms with Crippen LogP contribution in [0.2, 0.25) is 0 Å². The van der Waals surface area contributed by atoms with Crippen molar-refractivity contribution in [1.29, 1.82) is 0 Å². The standard InChI is InChI=1S/C15H12N2O2.ClH/c1-19-13-4-2-11(10-6-8-16-9-7-10)12-3-5-14(18)17-15(12)13;/h2-9H,1H3,(H,17,18);1H. The van der Waals surface area contributed by atoms with Gasteiger partial charge in [-0.25, -0.2) is 0 Å². The molecule has 3 aromatic rings. The monoisotopic (exact) mass is 288 g/mol. The van der Waals surface area contributed by atoms with Gasteiger partial charge in [0.15, 0.2) is 0 Å². The van der Waals surface area contributed by atoms with Gasteiger partial charge < -0.3 is 9.72 Å². The fourth-order valence-corrected chi connectivity index (χ4v) is 2.18. The summed E-state index contributed by atoms with van der Waals surface area (Å²) < 4.78 is 5.29. The van der Waals surface area contributed by atoms with Gasteiger partial charge in [0, 0.05) is 23.8 Å². The van der Waals surface area contributed by atoms with Gasteiger partial charge in [0.1, 0.15) is 5.75 Å². The number of hydrogen-bond donors (Lipinski definition) is 1. The third-order valence-corrected chi connectivity index (χ3v) is 3.07. The van der Waals surface area contributed by atoms with Crippen molar-refractivity contribution in [3.8, 4) is 16.9 Å². The number of aromatic nitrogens is 2. The first kappa shape index (κ1) is 14.1. The minimum atomic E-state index is -0.141. The molecule has 0 aliphatic heterocycles. The SMILES string of the molecule is COc1ccc(-c2ccncc2)c2ccc(=O)[nH]c12.Cl. The predicted molar refractivity (Wildman–Crippen MR) is 81.6 cm³/mol. The second-order valence-corrected chi connectivity index (χ2v) is 4.16. The summed E-state index contributed by atoms with van der Waals surface area (Å²) in [6.07, 6.45) is 3.49. The zero-order valence-corrected chi connectivity index (χ0v) is 11.6. The van der Waals surface area contributed by atoms with Gasteiger partial charge in [0.05, 0.1) is 12.6 Å². The van der Waals surface area contributed by atoms with E-state index in [1.807, 2.05) is 30.3 Å². The Labute approximate surface area is 121 Å². The van der Waals surface area contributed by atoms with Crippen molar-refractivity contribution in [2.75, 3.05) is 7.11 Å². The zero-order valence-electron chi connectivity index (χ0n) is 10.8. The number of nitrogens with zero attached hydrogens (tertiary/aromatic N) is 1. The predicted octanol–water partition coefficient (Wildman–Crippen LogP) is 3.02. The van der Waals surface area contributed by atoms with Crippen molar-refractivity contribution >= 4 is 23.3 Å². The Morgan fingerprint density at radius 3 is 2.50 bits per heavy atom. The topological polar surface area (TPSA) is 55.0 Å². The molecular formula is C15H13ClN2O2. The van der Waals surface area contributed by atoms with Crippen LogP contribution < -0.4 is 10.3 Å². The number of benzene rings is 1. The lowest BCUT2D eigenvalue weighted by Crippen LogP contribution is -2.04. The summed E-state index contributed by atoms with van der Waals surface area (Å²) in [4.78, 5) is 18.3. The van der Waals surface area contributed by atoms with Crippen LogP contribution in [0.3, 0.4) is 0 Å². The van der Waals surface area contributed by atoms with Gasteiger partial charge in [-0.1, -0.05) is 0 Å². The number of methoxy groups -OCH3 is 1. The number of nitrogens with one attached hydrogen (secondary N) is 1. The highest BCUT2D eigenvalue weighted by Gasteiger charge is 2.08. The fourth-order valence-electron chi connectivity index (χ4n) is 2.18. The molecule has 3 rings (SSSR count). The van der Waals surface area contributed by atoms with Gasteiger partial charge in [-0.15, -0.1) is 12.4 Å². The maximum Gasteiger partial charge on any atom is 0.248 e. The van der Waals surface area contributed by atoms with Crippen LogP contribution in [0.5, 0.6) is 5.75 Å². The molecule has 0 spiro atoms. The van der Waals surface area contributed by atoms with Crippen LogP contribution in [-0.2, 0) is 0 Å². The zero-order chi connectivity index (χ0) is 13.2. The normalized spacial score (nSPS) is 10.1.